The van der Waals surface area contributed by atoms with E-state index in [2.05, 4.69) is 5.32 Å². The van der Waals surface area contributed by atoms with Crippen molar-refractivity contribution in [2.45, 2.75) is 25.3 Å². The molecule has 1 heterocycles. The normalized spacial score (nSPS) is 22.2. The van der Waals surface area contributed by atoms with Gasteiger partial charge in [-0.05, 0) is 38.4 Å². The number of rotatable bonds is 4. The first-order valence-electron chi connectivity index (χ1n) is 6.37. The number of nitrogens with one attached hydrogen (secondary N) is 1. The zero-order valence-corrected chi connectivity index (χ0v) is 10.9. The SMILES string of the molecule is CC1(C(=O)N(CC(=O)O)c2ccccc2)CCCN1. The van der Waals surface area contributed by atoms with Crippen LogP contribution in [-0.4, -0.2) is 35.6 Å². The number of anilines is 1. The molecule has 1 saturated heterocycles. The minimum Gasteiger partial charge on any atom is -0.480 e. The van der Waals surface area contributed by atoms with Crippen LogP contribution in [-0.2, 0) is 9.59 Å². The van der Waals surface area contributed by atoms with Gasteiger partial charge in [-0.3, -0.25) is 14.5 Å². The van der Waals surface area contributed by atoms with E-state index in [0.29, 0.717) is 5.69 Å². The number of carboxylic acids is 1. The second kappa shape index (κ2) is 5.40. The Labute approximate surface area is 112 Å². The molecule has 1 aliphatic rings. The number of hydrogen-bond acceptors (Lipinski definition) is 3. The Kier molecular flexibility index (Phi) is 3.85. The van der Waals surface area contributed by atoms with Gasteiger partial charge in [0.05, 0.1) is 5.54 Å². The van der Waals surface area contributed by atoms with Gasteiger partial charge < -0.3 is 10.4 Å². The van der Waals surface area contributed by atoms with Gasteiger partial charge in [0.25, 0.3) is 0 Å². The number of aliphatic carboxylic acids is 1. The first-order chi connectivity index (χ1) is 9.03. The lowest BCUT2D eigenvalue weighted by Crippen LogP contribution is -2.54. The van der Waals surface area contributed by atoms with E-state index in [1.165, 1.54) is 4.90 Å². The zero-order chi connectivity index (χ0) is 13.9. The molecule has 1 amide bonds. The van der Waals surface area contributed by atoms with Crippen LogP contribution in [0.15, 0.2) is 30.3 Å². The molecule has 5 heteroatoms. The number of amides is 1. The van der Waals surface area contributed by atoms with Crippen LogP contribution in [0.2, 0.25) is 0 Å². The third-order valence-electron chi connectivity index (χ3n) is 3.45. The molecule has 1 atom stereocenters. The van der Waals surface area contributed by atoms with E-state index in [1.54, 1.807) is 24.3 Å². The average Bonchev–Trinajstić information content (AvgIpc) is 2.84. The predicted molar refractivity (Wildman–Crippen MR) is 72.1 cm³/mol. The number of nitrogens with zero attached hydrogens (tertiary/aromatic N) is 1. The number of para-hydroxylation sites is 1. The van der Waals surface area contributed by atoms with Crippen molar-refractivity contribution in [2.75, 3.05) is 18.0 Å². The molecule has 2 rings (SSSR count). The fourth-order valence-electron chi connectivity index (χ4n) is 2.40. The van der Waals surface area contributed by atoms with Gasteiger partial charge in [-0.1, -0.05) is 18.2 Å². The largest absolute Gasteiger partial charge is 0.480 e. The maximum Gasteiger partial charge on any atom is 0.323 e. The van der Waals surface area contributed by atoms with Crippen LogP contribution in [0.3, 0.4) is 0 Å². The van der Waals surface area contributed by atoms with Gasteiger partial charge in [0.2, 0.25) is 5.91 Å². The van der Waals surface area contributed by atoms with E-state index in [1.807, 2.05) is 13.0 Å². The fourth-order valence-corrected chi connectivity index (χ4v) is 2.40. The molecule has 0 aromatic heterocycles. The monoisotopic (exact) mass is 262 g/mol. The molecule has 0 bridgehead atoms. The number of carboxylic acid groups (broad SMARTS) is 1. The van der Waals surface area contributed by atoms with Gasteiger partial charge in [0.15, 0.2) is 0 Å². The summed E-state index contributed by atoms with van der Waals surface area (Å²) in [5.41, 5.74) is -0.0458. The first-order valence-corrected chi connectivity index (χ1v) is 6.37. The number of carbonyl (C=O) groups is 2. The van der Waals surface area contributed by atoms with Gasteiger partial charge in [-0.25, -0.2) is 0 Å². The van der Waals surface area contributed by atoms with Crippen LogP contribution in [0.25, 0.3) is 0 Å². The molecule has 1 aliphatic heterocycles. The maximum atomic E-state index is 12.6. The third kappa shape index (κ3) is 2.93. The lowest BCUT2D eigenvalue weighted by molar-refractivity contribution is -0.137. The summed E-state index contributed by atoms with van der Waals surface area (Å²) in [5, 5.41) is 12.2. The molecule has 0 saturated carbocycles. The molecule has 1 fully saturated rings. The molecule has 0 aliphatic carbocycles. The Bertz CT molecular complexity index is 467. The maximum absolute atomic E-state index is 12.6. The van der Waals surface area contributed by atoms with Gasteiger partial charge in [0.1, 0.15) is 6.54 Å². The number of carbonyl (C=O) groups excluding carboxylic acids is 1. The van der Waals surface area contributed by atoms with E-state index in [9.17, 15) is 9.59 Å². The zero-order valence-electron chi connectivity index (χ0n) is 10.9. The molecule has 5 nitrogen and oxygen atoms in total. The van der Waals surface area contributed by atoms with Crippen molar-refractivity contribution in [1.29, 1.82) is 0 Å². The van der Waals surface area contributed by atoms with Crippen molar-refractivity contribution < 1.29 is 14.7 Å². The summed E-state index contributed by atoms with van der Waals surface area (Å²) in [6.45, 7) is 2.30. The molecule has 102 valence electrons. The highest BCUT2D eigenvalue weighted by Crippen LogP contribution is 2.24. The summed E-state index contributed by atoms with van der Waals surface area (Å²) < 4.78 is 0. The topological polar surface area (TPSA) is 69.6 Å². The summed E-state index contributed by atoms with van der Waals surface area (Å²) in [6, 6.07) is 8.92. The Balaban J connectivity index is 2.27. The second-order valence-electron chi connectivity index (χ2n) is 4.98. The van der Waals surface area contributed by atoms with Crippen molar-refractivity contribution in [1.82, 2.24) is 5.32 Å². The smallest absolute Gasteiger partial charge is 0.323 e. The lowest BCUT2D eigenvalue weighted by Gasteiger charge is -2.31. The van der Waals surface area contributed by atoms with Crippen molar-refractivity contribution in [3.63, 3.8) is 0 Å². The van der Waals surface area contributed by atoms with E-state index in [0.717, 1.165) is 19.4 Å². The Morgan fingerprint density at radius 3 is 2.58 bits per heavy atom. The van der Waals surface area contributed by atoms with Gasteiger partial charge in [-0.15, -0.1) is 0 Å². The quantitative estimate of drug-likeness (QED) is 0.856. The number of benzene rings is 1. The van der Waals surface area contributed by atoms with Crippen molar-refractivity contribution in [3.05, 3.63) is 30.3 Å². The summed E-state index contributed by atoms with van der Waals surface area (Å²) in [4.78, 5) is 24.9. The molecule has 19 heavy (non-hydrogen) atoms. The van der Waals surface area contributed by atoms with Gasteiger partial charge in [-0.2, -0.15) is 0 Å². The molecule has 1 aromatic carbocycles. The highest BCUT2D eigenvalue weighted by Gasteiger charge is 2.39. The second-order valence-corrected chi connectivity index (χ2v) is 4.98. The average molecular weight is 262 g/mol. The predicted octanol–water partition coefficient (Wildman–Crippen LogP) is 1.25. The Morgan fingerprint density at radius 2 is 2.05 bits per heavy atom. The van der Waals surface area contributed by atoms with Crippen LogP contribution < -0.4 is 10.2 Å². The first kappa shape index (κ1) is 13.5. The van der Waals surface area contributed by atoms with Gasteiger partial charge >= 0.3 is 5.97 Å². The molecule has 1 unspecified atom stereocenters. The molecular weight excluding hydrogens is 244 g/mol. The molecular formula is C14H18N2O3. The highest BCUT2D eigenvalue weighted by atomic mass is 16.4. The van der Waals surface area contributed by atoms with Crippen LogP contribution in [0.5, 0.6) is 0 Å². The minimum absolute atomic E-state index is 0.182. The highest BCUT2D eigenvalue weighted by molar-refractivity contribution is 6.03. The summed E-state index contributed by atoms with van der Waals surface area (Å²) >= 11 is 0. The van der Waals surface area contributed by atoms with Crippen LogP contribution in [0, 0.1) is 0 Å². The summed E-state index contributed by atoms with van der Waals surface area (Å²) in [7, 11) is 0. The standard InChI is InChI=1S/C14H18N2O3/c1-14(8-5-9-15-14)13(19)16(10-12(17)18)11-6-3-2-4-7-11/h2-4,6-7,15H,5,8-10H2,1H3,(H,17,18). The molecule has 1 aromatic rings. The lowest BCUT2D eigenvalue weighted by atomic mass is 9.98. The van der Waals surface area contributed by atoms with Gasteiger partial charge in [0, 0.05) is 5.69 Å². The van der Waals surface area contributed by atoms with E-state index in [4.69, 9.17) is 5.11 Å². The van der Waals surface area contributed by atoms with Crippen molar-refractivity contribution in [3.8, 4) is 0 Å². The van der Waals surface area contributed by atoms with E-state index < -0.39 is 11.5 Å². The van der Waals surface area contributed by atoms with E-state index >= 15 is 0 Å². The van der Waals surface area contributed by atoms with Crippen LogP contribution in [0.1, 0.15) is 19.8 Å². The van der Waals surface area contributed by atoms with Crippen molar-refractivity contribution >= 4 is 17.6 Å². The van der Waals surface area contributed by atoms with Crippen LogP contribution in [0.4, 0.5) is 5.69 Å². The Morgan fingerprint density at radius 1 is 1.37 bits per heavy atom. The summed E-state index contributed by atoms with van der Waals surface area (Å²) in [6.07, 6.45) is 1.66. The molecule has 2 N–H and O–H groups in total. The number of hydrogen-bond donors (Lipinski definition) is 2. The van der Waals surface area contributed by atoms with Crippen molar-refractivity contribution in [2.24, 2.45) is 0 Å². The van der Waals surface area contributed by atoms with Crippen LogP contribution >= 0.6 is 0 Å². The molecule has 0 spiro atoms. The van der Waals surface area contributed by atoms with E-state index in [-0.39, 0.29) is 12.5 Å². The third-order valence-corrected chi connectivity index (χ3v) is 3.45. The fraction of sp³-hybridized carbons (Fsp3) is 0.429. The minimum atomic E-state index is -1.01. The summed E-state index contributed by atoms with van der Waals surface area (Å²) in [5.74, 6) is -1.20. The molecule has 0 radical (unpaired) electrons. The Hall–Kier alpha value is -1.88.